The Morgan fingerprint density at radius 2 is 1.92 bits per heavy atom. The van der Waals surface area contributed by atoms with Gasteiger partial charge in [-0.15, -0.1) is 0 Å². The molecule has 1 saturated heterocycles. The number of aryl methyl sites for hydroxylation is 1. The molecule has 3 N–H and O–H groups in total. The van der Waals surface area contributed by atoms with Crippen molar-refractivity contribution in [1.29, 1.82) is 0 Å². The first-order valence-electron chi connectivity index (χ1n) is 13.4. The number of ether oxygens (including phenoxy) is 2. The number of phenolic OH excluding ortho intramolecular Hbond substituents is 1. The van der Waals surface area contributed by atoms with Crippen molar-refractivity contribution < 1.29 is 23.8 Å². The molecule has 202 valence electrons. The minimum absolute atomic E-state index is 0.0477. The number of rotatable bonds is 8. The molecule has 1 aliphatic heterocycles. The van der Waals surface area contributed by atoms with Gasteiger partial charge in [0.2, 0.25) is 0 Å². The predicted molar refractivity (Wildman–Crippen MR) is 146 cm³/mol. The normalized spacial score (nSPS) is 15.8. The molecule has 0 radical (unpaired) electrons. The Labute approximate surface area is 225 Å². The molecule has 1 aromatic heterocycles. The third-order valence-corrected chi connectivity index (χ3v) is 7.35. The van der Waals surface area contributed by atoms with Gasteiger partial charge in [-0.2, -0.15) is 0 Å². The molecule has 1 aliphatic carbocycles. The summed E-state index contributed by atoms with van der Waals surface area (Å²) >= 11 is 0. The Morgan fingerprint density at radius 3 is 2.67 bits per heavy atom. The van der Waals surface area contributed by atoms with Crippen LogP contribution in [0, 0.1) is 18.7 Å². The second-order valence-corrected chi connectivity index (χ2v) is 10.4. The van der Waals surface area contributed by atoms with Crippen LogP contribution in [0.1, 0.15) is 41.6 Å². The van der Waals surface area contributed by atoms with Crippen LogP contribution in [-0.2, 0) is 4.74 Å². The lowest BCUT2D eigenvalue weighted by Crippen LogP contribution is -2.26. The molecular weight excluding hydrogens is 499 g/mol. The highest BCUT2D eigenvalue weighted by Crippen LogP contribution is 2.34. The van der Waals surface area contributed by atoms with Crippen LogP contribution in [0.3, 0.4) is 0 Å². The smallest absolute Gasteiger partial charge is 0.251 e. The molecule has 4 aromatic rings. The molecule has 9 heteroatoms. The minimum Gasteiger partial charge on any atom is -0.505 e. The Kier molecular flexibility index (Phi) is 6.83. The van der Waals surface area contributed by atoms with Crippen LogP contribution in [0.5, 0.6) is 17.2 Å². The first-order chi connectivity index (χ1) is 18.9. The number of hydrogen-bond acceptors (Lipinski definition) is 6. The van der Waals surface area contributed by atoms with E-state index >= 15 is 0 Å². The summed E-state index contributed by atoms with van der Waals surface area (Å²) in [5.41, 5.74) is 4.78. The lowest BCUT2D eigenvalue weighted by atomic mass is 10.0. The van der Waals surface area contributed by atoms with Crippen molar-refractivity contribution in [3.8, 4) is 22.9 Å². The Morgan fingerprint density at radius 1 is 1.10 bits per heavy atom. The number of carbonyl (C=O) groups excluding carboxylic acids is 1. The van der Waals surface area contributed by atoms with Gasteiger partial charge in [0.25, 0.3) is 5.91 Å². The third kappa shape index (κ3) is 5.54. The van der Waals surface area contributed by atoms with Gasteiger partial charge in [0.05, 0.1) is 11.2 Å². The van der Waals surface area contributed by atoms with E-state index in [1.54, 1.807) is 6.33 Å². The van der Waals surface area contributed by atoms with Gasteiger partial charge >= 0.3 is 0 Å². The zero-order chi connectivity index (χ0) is 26.9. The van der Waals surface area contributed by atoms with E-state index in [0.29, 0.717) is 23.3 Å². The maximum absolute atomic E-state index is 14.0. The highest BCUT2D eigenvalue weighted by Gasteiger charge is 2.24. The van der Waals surface area contributed by atoms with E-state index in [0.717, 1.165) is 79.5 Å². The number of aromatic hydroxyl groups is 1. The number of fused-ring (bicyclic) bond motifs is 1. The van der Waals surface area contributed by atoms with Crippen LogP contribution in [0.4, 0.5) is 10.1 Å². The van der Waals surface area contributed by atoms with Gasteiger partial charge in [0.1, 0.15) is 23.3 Å². The second-order valence-electron chi connectivity index (χ2n) is 10.4. The Balaban J connectivity index is 1.35. The summed E-state index contributed by atoms with van der Waals surface area (Å²) in [6.45, 7) is 4.23. The highest BCUT2D eigenvalue weighted by atomic mass is 19.1. The summed E-state index contributed by atoms with van der Waals surface area (Å²) in [5, 5.41) is 16.2. The molecule has 2 heterocycles. The molecule has 1 amide bonds. The number of hydrogen-bond donors (Lipinski definition) is 3. The molecule has 6 rings (SSSR count). The monoisotopic (exact) mass is 530 g/mol. The number of aromatic nitrogens is 2. The molecule has 3 aromatic carbocycles. The number of amides is 1. The van der Waals surface area contributed by atoms with Crippen LogP contribution < -0.4 is 15.4 Å². The fraction of sp³-hybridized carbons (Fsp3) is 0.333. The van der Waals surface area contributed by atoms with Crippen molar-refractivity contribution in [2.24, 2.45) is 5.92 Å². The molecular formula is C30H31FN4O4. The first kappa shape index (κ1) is 25.2. The number of nitrogens with one attached hydrogen (secondary N) is 2. The van der Waals surface area contributed by atoms with Gasteiger partial charge in [-0.3, -0.25) is 9.36 Å². The molecule has 2 aliphatic rings. The quantitative estimate of drug-likeness (QED) is 0.270. The number of halogens is 1. The van der Waals surface area contributed by atoms with Gasteiger partial charge < -0.3 is 25.2 Å². The SMILES string of the molecule is Cc1cc(-n2cnc3c(NCC4CCOCC4)cc(Oc4ccc(O)c(F)c4)cc32)ccc1C(=O)NC1CC1. The van der Waals surface area contributed by atoms with E-state index in [1.807, 2.05) is 41.8 Å². The Bertz CT molecular complexity index is 1530. The summed E-state index contributed by atoms with van der Waals surface area (Å²) in [6, 6.07) is 13.7. The second kappa shape index (κ2) is 10.6. The summed E-state index contributed by atoms with van der Waals surface area (Å²) in [5.74, 6) is 0.0307. The van der Waals surface area contributed by atoms with Crippen LogP contribution >= 0.6 is 0 Å². The number of phenols is 1. The van der Waals surface area contributed by atoms with Gasteiger partial charge in [0.15, 0.2) is 11.6 Å². The predicted octanol–water partition coefficient (Wildman–Crippen LogP) is 5.70. The maximum atomic E-state index is 14.0. The number of nitrogens with zero attached hydrogens (tertiary/aromatic N) is 2. The van der Waals surface area contributed by atoms with Crippen LogP contribution in [0.25, 0.3) is 16.7 Å². The number of benzene rings is 3. The third-order valence-electron chi connectivity index (χ3n) is 7.35. The maximum Gasteiger partial charge on any atom is 0.251 e. The van der Waals surface area contributed by atoms with E-state index in [2.05, 4.69) is 10.6 Å². The highest BCUT2D eigenvalue weighted by molar-refractivity contribution is 5.96. The van der Waals surface area contributed by atoms with Gasteiger partial charge in [-0.05, 0) is 74.4 Å². The first-order valence-corrected chi connectivity index (χ1v) is 13.4. The zero-order valence-electron chi connectivity index (χ0n) is 21.7. The lowest BCUT2D eigenvalue weighted by Gasteiger charge is -2.23. The van der Waals surface area contributed by atoms with Crippen molar-refractivity contribution in [1.82, 2.24) is 14.9 Å². The van der Waals surface area contributed by atoms with Crippen molar-refractivity contribution in [2.45, 2.75) is 38.6 Å². The molecule has 2 fully saturated rings. The standard InChI is InChI=1S/C30H31FN4O4/c1-18-12-21(4-6-24(18)30(37)34-20-2-3-20)35-17-33-29-26(32-16-19-8-10-38-11-9-19)14-23(15-27(29)35)39-22-5-7-28(36)25(31)13-22/h4-7,12-15,17,19-20,32,36H,2-3,8-11,16H2,1H3,(H,34,37). The van der Waals surface area contributed by atoms with E-state index in [1.165, 1.54) is 12.1 Å². The average Bonchev–Trinajstić information content (AvgIpc) is 3.65. The van der Waals surface area contributed by atoms with E-state index in [4.69, 9.17) is 14.5 Å². The van der Waals surface area contributed by atoms with Crippen LogP contribution in [-0.4, -0.2) is 46.4 Å². The van der Waals surface area contributed by atoms with E-state index in [-0.39, 0.29) is 11.7 Å². The summed E-state index contributed by atoms with van der Waals surface area (Å²) in [7, 11) is 0. The van der Waals surface area contributed by atoms with E-state index < -0.39 is 11.6 Å². The van der Waals surface area contributed by atoms with Crippen LogP contribution in [0.15, 0.2) is 54.9 Å². The lowest BCUT2D eigenvalue weighted by molar-refractivity contribution is 0.0699. The average molecular weight is 531 g/mol. The number of imidazole rings is 1. The Hall–Kier alpha value is -4.11. The fourth-order valence-electron chi connectivity index (χ4n) is 4.93. The topological polar surface area (TPSA) is 97.6 Å². The van der Waals surface area contributed by atoms with Crippen molar-refractivity contribution in [3.05, 3.63) is 71.8 Å². The van der Waals surface area contributed by atoms with Gasteiger partial charge in [-0.1, -0.05) is 0 Å². The summed E-state index contributed by atoms with van der Waals surface area (Å²) in [6.07, 6.45) is 5.82. The summed E-state index contributed by atoms with van der Waals surface area (Å²) in [4.78, 5) is 17.3. The minimum atomic E-state index is -0.752. The molecule has 0 unspecified atom stereocenters. The van der Waals surface area contributed by atoms with E-state index in [9.17, 15) is 14.3 Å². The molecule has 0 spiro atoms. The van der Waals surface area contributed by atoms with Crippen molar-refractivity contribution in [3.63, 3.8) is 0 Å². The number of anilines is 1. The fourth-order valence-corrected chi connectivity index (χ4v) is 4.93. The van der Waals surface area contributed by atoms with Gasteiger partial charge in [-0.25, -0.2) is 9.37 Å². The molecule has 1 saturated carbocycles. The number of carbonyl (C=O) groups is 1. The molecule has 0 bridgehead atoms. The molecule has 39 heavy (non-hydrogen) atoms. The van der Waals surface area contributed by atoms with Crippen molar-refractivity contribution >= 4 is 22.6 Å². The van der Waals surface area contributed by atoms with Crippen molar-refractivity contribution in [2.75, 3.05) is 25.1 Å². The zero-order valence-corrected chi connectivity index (χ0v) is 21.7. The van der Waals surface area contributed by atoms with Crippen LogP contribution in [0.2, 0.25) is 0 Å². The molecule has 8 nitrogen and oxygen atoms in total. The largest absolute Gasteiger partial charge is 0.505 e. The van der Waals surface area contributed by atoms with Gasteiger partial charge in [0, 0.05) is 55.3 Å². The summed E-state index contributed by atoms with van der Waals surface area (Å²) < 4.78 is 27.5. The molecule has 0 atom stereocenters.